The Balaban J connectivity index is 2.33. The first-order valence-corrected chi connectivity index (χ1v) is 6.10. The summed E-state index contributed by atoms with van der Waals surface area (Å²) in [4.78, 5) is 22.8. The quantitative estimate of drug-likeness (QED) is 0.907. The first-order chi connectivity index (χ1) is 9.40. The number of carbonyl (C=O) groups is 2. The highest BCUT2D eigenvalue weighted by Crippen LogP contribution is 2.32. The van der Waals surface area contributed by atoms with Crippen molar-refractivity contribution >= 4 is 40.8 Å². The molecule has 0 aliphatic heterocycles. The summed E-state index contributed by atoms with van der Waals surface area (Å²) in [6.45, 7) is 1.65. The number of hydrogen-bond acceptors (Lipinski definition) is 4. The summed E-state index contributed by atoms with van der Waals surface area (Å²) in [6.07, 6.45) is 1.39. The standard InChI is InChI=1S/C12H8Cl2N2O4/c1-5-4-15-20-10(5)11(17)16-9-7(13)2-6(12(18)19)3-8(9)14/h2-4H,1H3,(H,16,17)(H,18,19). The van der Waals surface area contributed by atoms with Crippen LogP contribution in [0.15, 0.2) is 22.9 Å². The lowest BCUT2D eigenvalue weighted by Gasteiger charge is -2.09. The van der Waals surface area contributed by atoms with Crippen LogP contribution in [0.2, 0.25) is 10.0 Å². The maximum atomic E-state index is 11.9. The number of hydrogen-bond donors (Lipinski definition) is 2. The summed E-state index contributed by atoms with van der Waals surface area (Å²) >= 11 is 11.8. The molecule has 0 saturated carbocycles. The maximum absolute atomic E-state index is 11.9. The fraction of sp³-hybridized carbons (Fsp3) is 0.0833. The van der Waals surface area contributed by atoms with E-state index in [2.05, 4.69) is 10.5 Å². The SMILES string of the molecule is Cc1cnoc1C(=O)Nc1c(Cl)cc(C(=O)O)cc1Cl. The van der Waals surface area contributed by atoms with Crippen LogP contribution in [-0.2, 0) is 0 Å². The van der Waals surface area contributed by atoms with E-state index in [0.717, 1.165) is 0 Å². The Bertz CT molecular complexity index is 674. The highest BCUT2D eigenvalue weighted by atomic mass is 35.5. The van der Waals surface area contributed by atoms with Gasteiger partial charge in [0.2, 0.25) is 5.76 Å². The molecule has 1 amide bonds. The van der Waals surface area contributed by atoms with Gasteiger partial charge < -0.3 is 14.9 Å². The second-order valence-corrected chi connectivity index (χ2v) is 4.73. The Morgan fingerprint density at radius 3 is 2.35 bits per heavy atom. The van der Waals surface area contributed by atoms with Gasteiger partial charge in [0.25, 0.3) is 5.91 Å². The van der Waals surface area contributed by atoms with Gasteiger partial charge in [-0.3, -0.25) is 4.79 Å². The smallest absolute Gasteiger partial charge is 0.335 e. The van der Waals surface area contributed by atoms with Crippen LogP contribution in [0.4, 0.5) is 5.69 Å². The van der Waals surface area contributed by atoms with Gasteiger partial charge in [-0.2, -0.15) is 0 Å². The average molecular weight is 315 g/mol. The van der Waals surface area contributed by atoms with Crippen LogP contribution < -0.4 is 5.32 Å². The van der Waals surface area contributed by atoms with E-state index >= 15 is 0 Å². The molecule has 2 N–H and O–H groups in total. The largest absolute Gasteiger partial charge is 0.478 e. The number of carboxylic acids is 1. The van der Waals surface area contributed by atoms with Crippen molar-refractivity contribution in [1.82, 2.24) is 5.16 Å². The molecule has 0 unspecified atom stereocenters. The number of rotatable bonds is 3. The Kier molecular flexibility index (Phi) is 3.96. The predicted molar refractivity (Wildman–Crippen MR) is 72.6 cm³/mol. The third-order valence-corrected chi connectivity index (χ3v) is 3.08. The molecule has 6 nitrogen and oxygen atoms in total. The third-order valence-electron chi connectivity index (χ3n) is 2.48. The fourth-order valence-electron chi connectivity index (χ4n) is 1.50. The third kappa shape index (κ3) is 2.76. The van der Waals surface area contributed by atoms with Crippen molar-refractivity contribution in [2.75, 3.05) is 5.32 Å². The topological polar surface area (TPSA) is 92.4 Å². The second kappa shape index (κ2) is 5.52. The van der Waals surface area contributed by atoms with Crippen LogP contribution in [0.3, 0.4) is 0 Å². The minimum Gasteiger partial charge on any atom is -0.478 e. The fourth-order valence-corrected chi connectivity index (χ4v) is 2.08. The lowest BCUT2D eigenvalue weighted by atomic mass is 10.2. The van der Waals surface area contributed by atoms with Gasteiger partial charge in [0.05, 0.1) is 27.5 Å². The summed E-state index contributed by atoms with van der Waals surface area (Å²) in [5.74, 6) is -1.72. The van der Waals surface area contributed by atoms with E-state index in [9.17, 15) is 9.59 Å². The Morgan fingerprint density at radius 2 is 1.90 bits per heavy atom. The molecule has 2 aromatic rings. The molecule has 0 radical (unpaired) electrons. The molecule has 20 heavy (non-hydrogen) atoms. The second-order valence-electron chi connectivity index (χ2n) is 3.91. The lowest BCUT2D eigenvalue weighted by Crippen LogP contribution is -2.13. The minimum atomic E-state index is -1.17. The van der Waals surface area contributed by atoms with Crippen LogP contribution in [0, 0.1) is 6.92 Å². The number of anilines is 1. The van der Waals surface area contributed by atoms with Crippen molar-refractivity contribution in [3.05, 3.63) is 45.3 Å². The molecule has 0 saturated heterocycles. The zero-order valence-electron chi connectivity index (χ0n) is 10.1. The molecule has 1 aromatic carbocycles. The van der Waals surface area contributed by atoms with Crippen molar-refractivity contribution < 1.29 is 19.2 Å². The molecule has 0 atom stereocenters. The van der Waals surface area contributed by atoms with Crippen molar-refractivity contribution in [3.63, 3.8) is 0 Å². The summed E-state index contributed by atoms with van der Waals surface area (Å²) in [6, 6.07) is 2.39. The van der Waals surface area contributed by atoms with Gasteiger partial charge in [-0.1, -0.05) is 28.4 Å². The number of amides is 1. The monoisotopic (exact) mass is 314 g/mol. The van der Waals surface area contributed by atoms with E-state index in [1.807, 2.05) is 0 Å². The average Bonchev–Trinajstić information content (AvgIpc) is 2.79. The summed E-state index contributed by atoms with van der Waals surface area (Å²) in [5, 5.41) is 14.8. The number of carboxylic acid groups (broad SMARTS) is 1. The maximum Gasteiger partial charge on any atom is 0.335 e. The van der Waals surface area contributed by atoms with Crippen LogP contribution in [0.25, 0.3) is 0 Å². The summed E-state index contributed by atoms with van der Waals surface area (Å²) in [5.41, 5.74) is 0.588. The van der Waals surface area contributed by atoms with Gasteiger partial charge in [-0.05, 0) is 19.1 Å². The number of nitrogens with zero attached hydrogens (tertiary/aromatic N) is 1. The van der Waals surface area contributed by atoms with Gasteiger partial charge in [0.15, 0.2) is 0 Å². The normalized spacial score (nSPS) is 10.3. The molecule has 0 spiro atoms. The molecule has 0 fully saturated rings. The van der Waals surface area contributed by atoms with Crippen molar-refractivity contribution in [1.29, 1.82) is 0 Å². The van der Waals surface area contributed by atoms with E-state index in [-0.39, 0.29) is 27.1 Å². The number of nitrogens with one attached hydrogen (secondary N) is 1. The zero-order valence-corrected chi connectivity index (χ0v) is 11.6. The number of carbonyl (C=O) groups excluding carboxylic acids is 1. The first kappa shape index (κ1) is 14.4. The van der Waals surface area contributed by atoms with Gasteiger partial charge in [0.1, 0.15) is 0 Å². The van der Waals surface area contributed by atoms with Crippen molar-refractivity contribution in [2.24, 2.45) is 0 Å². The molecule has 1 heterocycles. The van der Waals surface area contributed by atoms with Crippen LogP contribution in [-0.4, -0.2) is 22.1 Å². The van der Waals surface area contributed by atoms with E-state index in [1.54, 1.807) is 6.92 Å². The van der Waals surface area contributed by atoms with E-state index in [0.29, 0.717) is 5.56 Å². The van der Waals surface area contributed by atoms with Crippen molar-refractivity contribution in [2.45, 2.75) is 6.92 Å². The van der Waals surface area contributed by atoms with Crippen LogP contribution >= 0.6 is 23.2 Å². The van der Waals surface area contributed by atoms with E-state index < -0.39 is 11.9 Å². The molecule has 104 valence electrons. The van der Waals surface area contributed by atoms with E-state index in [4.69, 9.17) is 32.8 Å². The number of aryl methyl sites for hydroxylation is 1. The molecular formula is C12H8Cl2N2O4. The molecule has 2 rings (SSSR count). The number of halogens is 2. The minimum absolute atomic E-state index is 0.0143. The Hall–Kier alpha value is -2.05. The van der Waals surface area contributed by atoms with Gasteiger partial charge in [0, 0.05) is 5.56 Å². The van der Waals surface area contributed by atoms with E-state index in [1.165, 1.54) is 18.3 Å². The van der Waals surface area contributed by atoms with Crippen LogP contribution in [0.5, 0.6) is 0 Å². The van der Waals surface area contributed by atoms with Gasteiger partial charge in [-0.15, -0.1) is 0 Å². The van der Waals surface area contributed by atoms with Gasteiger partial charge in [-0.25, -0.2) is 4.79 Å². The molecule has 8 heteroatoms. The summed E-state index contributed by atoms with van der Waals surface area (Å²) in [7, 11) is 0. The Morgan fingerprint density at radius 1 is 1.30 bits per heavy atom. The molecule has 1 aromatic heterocycles. The first-order valence-electron chi connectivity index (χ1n) is 5.35. The molecule has 0 aliphatic rings. The number of benzene rings is 1. The highest BCUT2D eigenvalue weighted by molar-refractivity contribution is 6.40. The summed E-state index contributed by atoms with van der Waals surface area (Å²) < 4.78 is 4.80. The number of aromatic nitrogens is 1. The van der Waals surface area contributed by atoms with Gasteiger partial charge >= 0.3 is 5.97 Å². The Labute approximate surface area is 123 Å². The number of aromatic carboxylic acids is 1. The molecule has 0 aliphatic carbocycles. The van der Waals surface area contributed by atoms with Crippen LogP contribution in [0.1, 0.15) is 26.5 Å². The molecular weight excluding hydrogens is 307 g/mol. The predicted octanol–water partition coefficient (Wildman–Crippen LogP) is 3.24. The molecule has 0 bridgehead atoms. The lowest BCUT2D eigenvalue weighted by molar-refractivity contribution is 0.0696. The zero-order chi connectivity index (χ0) is 14.9. The van der Waals surface area contributed by atoms with Crippen molar-refractivity contribution in [3.8, 4) is 0 Å². The highest BCUT2D eigenvalue weighted by Gasteiger charge is 2.19.